The molecule has 0 atom stereocenters. The minimum atomic E-state index is -3.65. The summed E-state index contributed by atoms with van der Waals surface area (Å²) in [6, 6.07) is 15.8. The SMILES string of the molecule is Cc1cccc(S(=O)(=O)Nc2ccc3c(c2)CCN3C(=O)c2cccs2)c1. The molecule has 5 nitrogen and oxygen atoms in total. The smallest absolute Gasteiger partial charge is 0.268 e. The lowest BCUT2D eigenvalue weighted by Gasteiger charge is -2.17. The number of thiophene rings is 1. The fourth-order valence-electron chi connectivity index (χ4n) is 3.21. The van der Waals surface area contributed by atoms with Crippen LogP contribution in [-0.4, -0.2) is 20.9 Å². The summed E-state index contributed by atoms with van der Waals surface area (Å²) < 4.78 is 27.8. The fourth-order valence-corrected chi connectivity index (χ4v) is 5.03. The Bertz CT molecular complexity index is 1110. The topological polar surface area (TPSA) is 66.5 Å². The van der Waals surface area contributed by atoms with Crippen LogP contribution < -0.4 is 9.62 Å². The molecule has 1 aliphatic rings. The van der Waals surface area contributed by atoms with E-state index < -0.39 is 10.0 Å². The van der Waals surface area contributed by atoms with Crippen LogP contribution in [0.5, 0.6) is 0 Å². The molecular formula is C20H18N2O3S2. The van der Waals surface area contributed by atoms with Crippen molar-refractivity contribution in [3.8, 4) is 0 Å². The lowest BCUT2D eigenvalue weighted by atomic mass is 10.1. The first-order valence-corrected chi connectivity index (χ1v) is 10.9. The standard InChI is InChI=1S/C20H18N2O3S2/c1-14-4-2-5-17(12-14)27(24,25)21-16-7-8-18-15(13-16)9-10-22(18)20(23)19-6-3-11-26-19/h2-8,11-13,21H,9-10H2,1H3. The van der Waals surface area contributed by atoms with Crippen molar-refractivity contribution >= 4 is 38.6 Å². The molecule has 2 aromatic carbocycles. The van der Waals surface area contributed by atoms with Crippen molar-refractivity contribution < 1.29 is 13.2 Å². The van der Waals surface area contributed by atoms with Gasteiger partial charge in [0.05, 0.1) is 9.77 Å². The second-order valence-electron chi connectivity index (χ2n) is 6.45. The molecule has 0 radical (unpaired) electrons. The molecule has 1 aromatic heterocycles. The first-order chi connectivity index (χ1) is 12.9. The number of hydrogen-bond donors (Lipinski definition) is 1. The molecule has 4 rings (SSSR count). The fraction of sp³-hybridized carbons (Fsp3) is 0.150. The van der Waals surface area contributed by atoms with Gasteiger partial charge in [-0.3, -0.25) is 9.52 Å². The molecular weight excluding hydrogens is 380 g/mol. The molecule has 1 amide bonds. The van der Waals surface area contributed by atoms with E-state index in [1.165, 1.54) is 11.3 Å². The highest BCUT2D eigenvalue weighted by molar-refractivity contribution is 7.92. The van der Waals surface area contributed by atoms with E-state index >= 15 is 0 Å². The summed E-state index contributed by atoms with van der Waals surface area (Å²) in [7, 11) is -3.65. The molecule has 3 aromatic rings. The van der Waals surface area contributed by atoms with Gasteiger partial charge in [-0.2, -0.15) is 0 Å². The number of nitrogens with zero attached hydrogens (tertiary/aromatic N) is 1. The first kappa shape index (κ1) is 17.8. The van der Waals surface area contributed by atoms with Crippen molar-refractivity contribution in [2.75, 3.05) is 16.2 Å². The number of carbonyl (C=O) groups is 1. The molecule has 7 heteroatoms. The molecule has 0 aliphatic carbocycles. The van der Waals surface area contributed by atoms with Gasteiger partial charge in [-0.1, -0.05) is 18.2 Å². The largest absolute Gasteiger partial charge is 0.307 e. The quantitative estimate of drug-likeness (QED) is 0.721. The van der Waals surface area contributed by atoms with Gasteiger partial charge in [0.25, 0.3) is 15.9 Å². The van der Waals surface area contributed by atoms with Crippen LogP contribution in [0.15, 0.2) is 64.9 Å². The zero-order valence-electron chi connectivity index (χ0n) is 14.7. The van der Waals surface area contributed by atoms with Crippen LogP contribution in [-0.2, 0) is 16.4 Å². The summed E-state index contributed by atoms with van der Waals surface area (Å²) in [5.74, 6) is -0.0168. The maximum absolute atomic E-state index is 12.6. The maximum atomic E-state index is 12.6. The molecule has 138 valence electrons. The summed E-state index contributed by atoms with van der Waals surface area (Å²) in [5, 5.41) is 1.88. The summed E-state index contributed by atoms with van der Waals surface area (Å²) in [6.07, 6.45) is 0.701. The summed E-state index contributed by atoms with van der Waals surface area (Å²) in [6.45, 7) is 2.45. The number of benzene rings is 2. The minimum Gasteiger partial charge on any atom is -0.307 e. The Morgan fingerprint density at radius 1 is 1.11 bits per heavy atom. The number of hydrogen-bond acceptors (Lipinski definition) is 4. The number of carbonyl (C=O) groups excluding carboxylic acids is 1. The van der Waals surface area contributed by atoms with Crippen LogP contribution in [0.1, 0.15) is 20.8 Å². The van der Waals surface area contributed by atoms with Gasteiger partial charge >= 0.3 is 0 Å². The number of fused-ring (bicyclic) bond motifs is 1. The normalized spacial score (nSPS) is 13.4. The van der Waals surface area contributed by atoms with Crippen LogP contribution in [0.2, 0.25) is 0 Å². The van der Waals surface area contributed by atoms with Crippen molar-refractivity contribution in [2.24, 2.45) is 0 Å². The molecule has 0 saturated heterocycles. The van der Waals surface area contributed by atoms with E-state index in [-0.39, 0.29) is 10.8 Å². The second kappa shape index (κ2) is 6.83. The van der Waals surface area contributed by atoms with Crippen LogP contribution in [0.3, 0.4) is 0 Å². The van der Waals surface area contributed by atoms with Gasteiger partial charge in [0.1, 0.15) is 0 Å². The van der Waals surface area contributed by atoms with Gasteiger partial charge in [0.15, 0.2) is 0 Å². The first-order valence-electron chi connectivity index (χ1n) is 8.52. The van der Waals surface area contributed by atoms with E-state index in [1.807, 2.05) is 42.6 Å². The predicted molar refractivity (Wildman–Crippen MR) is 108 cm³/mol. The number of aryl methyl sites for hydroxylation is 1. The Morgan fingerprint density at radius 3 is 2.70 bits per heavy atom. The number of amides is 1. The van der Waals surface area contributed by atoms with Crippen LogP contribution in [0.25, 0.3) is 0 Å². The van der Waals surface area contributed by atoms with Crippen molar-refractivity contribution in [3.63, 3.8) is 0 Å². The van der Waals surface area contributed by atoms with Crippen LogP contribution in [0, 0.1) is 6.92 Å². The lowest BCUT2D eigenvalue weighted by Crippen LogP contribution is -2.28. The molecule has 1 aliphatic heterocycles. The summed E-state index contributed by atoms with van der Waals surface area (Å²) >= 11 is 1.42. The van der Waals surface area contributed by atoms with Gasteiger partial charge in [-0.05, 0) is 66.2 Å². The average molecular weight is 399 g/mol. The summed E-state index contributed by atoms with van der Waals surface area (Å²) in [4.78, 5) is 15.3. The molecule has 0 fully saturated rings. The van der Waals surface area contributed by atoms with E-state index in [1.54, 1.807) is 29.2 Å². The van der Waals surface area contributed by atoms with E-state index in [0.717, 1.165) is 16.8 Å². The van der Waals surface area contributed by atoms with Crippen molar-refractivity contribution in [1.82, 2.24) is 0 Å². The van der Waals surface area contributed by atoms with E-state index in [2.05, 4.69) is 4.72 Å². The molecule has 0 bridgehead atoms. The third kappa shape index (κ3) is 3.48. The molecule has 2 heterocycles. The highest BCUT2D eigenvalue weighted by atomic mass is 32.2. The third-order valence-electron chi connectivity index (χ3n) is 4.50. The zero-order chi connectivity index (χ0) is 19.0. The van der Waals surface area contributed by atoms with E-state index in [0.29, 0.717) is 23.5 Å². The number of nitrogens with one attached hydrogen (secondary N) is 1. The van der Waals surface area contributed by atoms with E-state index in [9.17, 15) is 13.2 Å². The van der Waals surface area contributed by atoms with Gasteiger partial charge in [0, 0.05) is 17.9 Å². The average Bonchev–Trinajstić information content (AvgIpc) is 3.30. The van der Waals surface area contributed by atoms with Crippen molar-refractivity contribution in [3.05, 3.63) is 76.0 Å². The number of sulfonamides is 1. The second-order valence-corrected chi connectivity index (χ2v) is 9.08. The van der Waals surface area contributed by atoms with Gasteiger partial charge in [0.2, 0.25) is 0 Å². The Hall–Kier alpha value is -2.64. The highest BCUT2D eigenvalue weighted by Crippen LogP contribution is 2.32. The molecule has 27 heavy (non-hydrogen) atoms. The monoisotopic (exact) mass is 398 g/mol. The molecule has 0 saturated carbocycles. The molecule has 0 spiro atoms. The van der Waals surface area contributed by atoms with Crippen molar-refractivity contribution in [1.29, 1.82) is 0 Å². The van der Waals surface area contributed by atoms with Gasteiger partial charge in [-0.25, -0.2) is 8.42 Å². The Labute approximate surface area is 162 Å². The molecule has 0 unspecified atom stereocenters. The van der Waals surface area contributed by atoms with Gasteiger partial charge < -0.3 is 4.90 Å². The maximum Gasteiger partial charge on any atom is 0.268 e. The number of anilines is 2. The number of rotatable bonds is 4. The third-order valence-corrected chi connectivity index (χ3v) is 6.74. The Balaban J connectivity index is 1.58. The minimum absolute atomic E-state index is 0.0168. The lowest BCUT2D eigenvalue weighted by molar-refractivity contribution is 0.0993. The zero-order valence-corrected chi connectivity index (χ0v) is 16.3. The van der Waals surface area contributed by atoms with Crippen LogP contribution >= 0.6 is 11.3 Å². The molecule has 1 N–H and O–H groups in total. The van der Waals surface area contributed by atoms with E-state index in [4.69, 9.17) is 0 Å². The van der Waals surface area contributed by atoms with Gasteiger partial charge in [-0.15, -0.1) is 11.3 Å². The summed E-state index contributed by atoms with van der Waals surface area (Å²) in [5.41, 5.74) is 3.19. The van der Waals surface area contributed by atoms with Crippen LogP contribution in [0.4, 0.5) is 11.4 Å². The van der Waals surface area contributed by atoms with Crippen molar-refractivity contribution in [2.45, 2.75) is 18.2 Å². The predicted octanol–water partition coefficient (Wildman–Crippen LogP) is 4.06. The highest BCUT2D eigenvalue weighted by Gasteiger charge is 2.26. The Kier molecular flexibility index (Phi) is 4.49. The Morgan fingerprint density at radius 2 is 1.96 bits per heavy atom.